The molecule has 0 fully saturated rings. The summed E-state index contributed by atoms with van der Waals surface area (Å²) in [6, 6.07) is 4.19. The molecule has 4 N–H and O–H groups in total. The molecule has 1 amide bonds. The van der Waals surface area contributed by atoms with Crippen LogP contribution in [0.4, 0.5) is 5.69 Å². The number of carbonyl (C=O) groups excluding carboxylic acids is 2. The number of carbonyl (C=O) groups is 2. The first-order chi connectivity index (χ1) is 8.04. The maximum absolute atomic E-state index is 11.6. The second kappa shape index (κ2) is 5.74. The largest absolute Gasteiger partial charge is 0.506 e. The monoisotopic (exact) mass is 238 g/mol. The average Bonchev–Trinajstić information content (AvgIpc) is 2.32. The summed E-state index contributed by atoms with van der Waals surface area (Å²) in [5.41, 5.74) is 5.89. The number of esters is 1. The first-order valence-electron chi connectivity index (χ1n) is 4.98. The highest BCUT2D eigenvalue weighted by Crippen LogP contribution is 2.20. The molecule has 6 nitrogen and oxygen atoms in total. The van der Waals surface area contributed by atoms with Gasteiger partial charge in [0, 0.05) is 12.1 Å². The fourth-order valence-electron chi connectivity index (χ4n) is 1.17. The van der Waals surface area contributed by atoms with Crippen molar-refractivity contribution >= 4 is 17.6 Å². The van der Waals surface area contributed by atoms with Gasteiger partial charge >= 0.3 is 5.97 Å². The molecule has 1 aromatic rings. The number of ether oxygens (including phenoxy) is 1. The van der Waals surface area contributed by atoms with Crippen LogP contribution >= 0.6 is 0 Å². The summed E-state index contributed by atoms with van der Waals surface area (Å²) >= 11 is 0. The first-order valence-corrected chi connectivity index (χ1v) is 4.98. The molecule has 92 valence electrons. The van der Waals surface area contributed by atoms with Gasteiger partial charge in [-0.2, -0.15) is 0 Å². The summed E-state index contributed by atoms with van der Waals surface area (Å²) in [7, 11) is 1.28. The number of benzene rings is 1. The lowest BCUT2D eigenvalue weighted by molar-refractivity contribution is -0.140. The highest BCUT2D eigenvalue weighted by molar-refractivity contribution is 5.95. The molecule has 0 heterocycles. The molecule has 0 unspecified atom stereocenters. The Bertz CT molecular complexity index is 431. The lowest BCUT2D eigenvalue weighted by Crippen LogP contribution is -2.26. The zero-order valence-corrected chi connectivity index (χ0v) is 9.40. The van der Waals surface area contributed by atoms with Gasteiger partial charge in [-0.3, -0.25) is 9.59 Å². The van der Waals surface area contributed by atoms with Gasteiger partial charge in [0.2, 0.25) is 0 Å². The average molecular weight is 238 g/mol. The zero-order valence-electron chi connectivity index (χ0n) is 9.40. The summed E-state index contributed by atoms with van der Waals surface area (Å²) < 4.78 is 4.43. The van der Waals surface area contributed by atoms with Gasteiger partial charge in [0.25, 0.3) is 5.91 Å². The number of hydrogen-bond acceptors (Lipinski definition) is 5. The molecule has 0 spiro atoms. The third-order valence-electron chi connectivity index (χ3n) is 2.13. The maximum Gasteiger partial charge on any atom is 0.307 e. The predicted molar refractivity (Wildman–Crippen MR) is 61.5 cm³/mol. The molecule has 0 saturated carbocycles. The Morgan fingerprint density at radius 2 is 2.18 bits per heavy atom. The van der Waals surface area contributed by atoms with Crippen LogP contribution in [0.25, 0.3) is 0 Å². The summed E-state index contributed by atoms with van der Waals surface area (Å²) in [4.78, 5) is 22.4. The van der Waals surface area contributed by atoms with Crippen LogP contribution in [0.2, 0.25) is 0 Å². The summed E-state index contributed by atoms with van der Waals surface area (Å²) in [6.07, 6.45) is 0.100. The molecule has 1 rings (SSSR count). The quantitative estimate of drug-likeness (QED) is 0.397. The fourth-order valence-corrected chi connectivity index (χ4v) is 1.17. The van der Waals surface area contributed by atoms with E-state index in [0.29, 0.717) is 0 Å². The third-order valence-corrected chi connectivity index (χ3v) is 2.13. The normalized spacial score (nSPS) is 9.71. The number of phenols is 1. The minimum absolute atomic E-state index is 0.100. The Morgan fingerprint density at radius 3 is 2.76 bits per heavy atom. The van der Waals surface area contributed by atoms with E-state index >= 15 is 0 Å². The van der Waals surface area contributed by atoms with E-state index in [0.717, 1.165) is 0 Å². The van der Waals surface area contributed by atoms with Crippen molar-refractivity contribution in [2.45, 2.75) is 6.42 Å². The van der Waals surface area contributed by atoms with E-state index in [-0.39, 0.29) is 35.9 Å². The SMILES string of the molecule is COC(=O)CCNC(=O)c1ccc(N)c(O)c1. The van der Waals surface area contributed by atoms with E-state index in [9.17, 15) is 14.7 Å². The smallest absolute Gasteiger partial charge is 0.307 e. The number of amides is 1. The molecular formula is C11H14N2O4. The van der Waals surface area contributed by atoms with Crippen molar-refractivity contribution in [1.29, 1.82) is 0 Å². The minimum atomic E-state index is -0.398. The molecule has 0 atom stereocenters. The topological polar surface area (TPSA) is 102 Å². The fraction of sp³-hybridized carbons (Fsp3) is 0.273. The number of phenolic OH excluding ortho intramolecular Hbond substituents is 1. The number of nitrogens with one attached hydrogen (secondary N) is 1. The van der Waals surface area contributed by atoms with Crippen LogP contribution < -0.4 is 11.1 Å². The van der Waals surface area contributed by atoms with Gasteiger partial charge in [0.05, 0.1) is 19.2 Å². The summed E-state index contributed by atoms with van der Waals surface area (Å²) in [5, 5.41) is 11.8. The van der Waals surface area contributed by atoms with Gasteiger partial charge < -0.3 is 20.9 Å². The van der Waals surface area contributed by atoms with Gasteiger partial charge in [0.1, 0.15) is 5.75 Å². The molecule has 0 aliphatic carbocycles. The van der Waals surface area contributed by atoms with Gasteiger partial charge in [-0.05, 0) is 18.2 Å². The summed E-state index contributed by atoms with van der Waals surface area (Å²) in [5.74, 6) is -0.930. The number of rotatable bonds is 4. The minimum Gasteiger partial charge on any atom is -0.506 e. The maximum atomic E-state index is 11.6. The molecule has 1 aromatic carbocycles. The van der Waals surface area contributed by atoms with Crippen LogP contribution in [0.1, 0.15) is 16.8 Å². The molecular weight excluding hydrogens is 224 g/mol. The molecule has 0 aromatic heterocycles. The standard InChI is InChI=1S/C11H14N2O4/c1-17-10(15)4-5-13-11(16)7-2-3-8(12)9(14)6-7/h2-3,6,14H,4-5,12H2,1H3,(H,13,16). The van der Waals surface area contributed by atoms with E-state index in [1.54, 1.807) is 0 Å². The Hall–Kier alpha value is -2.24. The lowest BCUT2D eigenvalue weighted by Gasteiger charge is -2.05. The number of nitrogen functional groups attached to an aromatic ring is 1. The van der Waals surface area contributed by atoms with Crippen molar-refractivity contribution in [1.82, 2.24) is 5.32 Å². The highest BCUT2D eigenvalue weighted by Gasteiger charge is 2.08. The van der Waals surface area contributed by atoms with Crippen LogP contribution in [-0.2, 0) is 9.53 Å². The molecule has 0 radical (unpaired) electrons. The Labute approximate surface area is 98.4 Å². The molecule has 17 heavy (non-hydrogen) atoms. The van der Waals surface area contributed by atoms with Crippen molar-refractivity contribution in [3.8, 4) is 5.75 Å². The second-order valence-electron chi connectivity index (χ2n) is 3.36. The zero-order chi connectivity index (χ0) is 12.8. The number of aromatic hydroxyl groups is 1. The van der Waals surface area contributed by atoms with E-state index in [2.05, 4.69) is 10.1 Å². The summed E-state index contributed by atoms with van der Waals surface area (Å²) in [6.45, 7) is 0.177. The second-order valence-corrected chi connectivity index (χ2v) is 3.36. The van der Waals surface area contributed by atoms with Crippen LogP contribution in [0, 0.1) is 0 Å². The van der Waals surface area contributed by atoms with E-state index < -0.39 is 5.97 Å². The van der Waals surface area contributed by atoms with Crippen LogP contribution in [0.15, 0.2) is 18.2 Å². The van der Waals surface area contributed by atoms with Gasteiger partial charge in [0.15, 0.2) is 0 Å². The van der Waals surface area contributed by atoms with Gasteiger partial charge in [-0.1, -0.05) is 0 Å². The molecule has 0 aliphatic rings. The third kappa shape index (κ3) is 3.67. The van der Waals surface area contributed by atoms with Crippen LogP contribution in [0.5, 0.6) is 5.75 Å². The molecule has 0 aliphatic heterocycles. The number of anilines is 1. The van der Waals surface area contributed by atoms with Crippen molar-refractivity contribution in [2.24, 2.45) is 0 Å². The van der Waals surface area contributed by atoms with Crippen molar-refractivity contribution in [3.63, 3.8) is 0 Å². The first kappa shape index (κ1) is 12.8. The molecule has 6 heteroatoms. The number of nitrogens with two attached hydrogens (primary N) is 1. The van der Waals surface area contributed by atoms with Crippen molar-refractivity contribution in [2.75, 3.05) is 19.4 Å². The predicted octanol–water partition coefficient (Wildman–Crippen LogP) is 0.267. The highest BCUT2D eigenvalue weighted by atomic mass is 16.5. The van der Waals surface area contributed by atoms with E-state index in [1.807, 2.05) is 0 Å². The Morgan fingerprint density at radius 1 is 1.47 bits per heavy atom. The number of hydrogen-bond donors (Lipinski definition) is 3. The van der Waals surface area contributed by atoms with Gasteiger partial charge in [-0.25, -0.2) is 0 Å². The Balaban J connectivity index is 2.52. The van der Waals surface area contributed by atoms with Crippen molar-refractivity contribution in [3.05, 3.63) is 23.8 Å². The van der Waals surface area contributed by atoms with Crippen molar-refractivity contribution < 1.29 is 19.4 Å². The van der Waals surface area contributed by atoms with E-state index in [4.69, 9.17) is 5.73 Å². The molecule has 0 saturated heterocycles. The molecule has 0 bridgehead atoms. The Kier molecular flexibility index (Phi) is 4.33. The van der Waals surface area contributed by atoms with E-state index in [1.165, 1.54) is 25.3 Å². The van der Waals surface area contributed by atoms with Gasteiger partial charge in [-0.15, -0.1) is 0 Å². The lowest BCUT2D eigenvalue weighted by atomic mass is 10.2. The van der Waals surface area contributed by atoms with Crippen LogP contribution in [-0.4, -0.2) is 30.6 Å². The van der Waals surface area contributed by atoms with Crippen LogP contribution in [0.3, 0.4) is 0 Å². The number of methoxy groups -OCH3 is 1.